The van der Waals surface area contributed by atoms with Crippen molar-refractivity contribution in [3.05, 3.63) is 64.4 Å². The highest BCUT2D eigenvalue weighted by molar-refractivity contribution is 7.16. The van der Waals surface area contributed by atoms with Crippen molar-refractivity contribution in [3.63, 3.8) is 0 Å². The van der Waals surface area contributed by atoms with Gasteiger partial charge in [-0.15, -0.1) is 11.3 Å². The molecule has 6 nitrogen and oxygen atoms in total. The first kappa shape index (κ1) is 21.3. The third-order valence-electron chi connectivity index (χ3n) is 5.34. The van der Waals surface area contributed by atoms with Crippen LogP contribution >= 0.6 is 11.3 Å². The standard InChI is InChI=1S/C23H24FN3O3S/c1-29-19-11-15-7-9-27(14-16(15)12-20(19)30-2)10-8-25-22(28)21-13-26-23(31-21)17-5-3-4-6-18(17)24/h3-6,11-13H,7-10,14H2,1-2H3,(H,25,28). The lowest BCUT2D eigenvalue weighted by atomic mass is 9.99. The van der Waals surface area contributed by atoms with Crippen LogP contribution in [0.15, 0.2) is 42.6 Å². The summed E-state index contributed by atoms with van der Waals surface area (Å²) in [6, 6.07) is 10.5. The summed E-state index contributed by atoms with van der Waals surface area (Å²) in [5.41, 5.74) is 2.89. The molecule has 0 radical (unpaired) electrons. The molecule has 1 aromatic heterocycles. The maximum atomic E-state index is 13.9. The van der Waals surface area contributed by atoms with Gasteiger partial charge >= 0.3 is 0 Å². The van der Waals surface area contributed by atoms with E-state index in [0.29, 0.717) is 22.0 Å². The predicted octanol–water partition coefficient (Wildman–Crippen LogP) is 3.75. The molecule has 0 saturated carbocycles. The first-order chi connectivity index (χ1) is 15.1. The molecule has 0 spiro atoms. The zero-order valence-corrected chi connectivity index (χ0v) is 18.3. The van der Waals surface area contributed by atoms with E-state index in [0.717, 1.165) is 37.6 Å². The first-order valence-corrected chi connectivity index (χ1v) is 10.9. The Kier molecular flexibility index (Phi) is 6.48. The number of ether oxygens (including phenoxy) is 2. The van der Waals surface area contributed by atoms with E-state index in [4.69, 9.17) is 9.47 Å². The minimum Gasteiger partial charge on any atom is -0.493 e. The average Bonchev–Trinajstić information content (AvgIpc) is 3.28. The molecular weight excluding hydrogens is 417 g/mol. The number of carbonyl (C=O) groups excluding carboxylic acids is 1. The van der Waals surface area contributed by atoms with Gasteiger partial charge in [0.2, 0.25) is 0 Å². The van der Waals surface area contributed by atoms with Gasteiger partial charge in [-0.25, -0.2) is 9.37 Å². The topological polar surface area (TPSA) is 63.7 Å². The van der Waals surface area contributed by atoms with E-state index in [1.54, 1.807) is 32.4 Å². The molecule has 0 aliphatic carbocycles. The number of methoxy groups -OCH3 is 2. The third kappa shape index (κ3) is 4.70. The smallest absolute Gasteiger partial charge is 0.263 e. The Bertz CT molecular complexity index is 1090. The number of rotatable bonds is 7. The summed E-state index contributed by atoms with van der Waals surface area (Å²) in [7, 11) is 3.28. The second-order valence-corrected chi connectivity index (χ2v) is 8.30. The summed E-state index contributed by atoms with van der Waals surface area (Å²) in [6.07, 6.45) is 2.42. The highest BCUT2D eigenvalue weighted by Gasteiger charge is 2.20. The highest BCUT2D eigenvalue weighted by atomic mass is 32.1. The normalized spacial score (nSPS) is 13.5. The molecule has 0 atom stereocenters. The fourth-order valence-corrected chi connectivity index (χ4v) is 4.54. The van der Waals surface area contributed by atoms with Crippen LogP contribution in [0, 0.1) is 5.82 Å². The second-order valence-electron chi connectivity index (χ2n) is 7.27. The van der Waals surface area contributed by atoms with Crippen LogP contribution in [0.1, 0.15) is 20.8 Å². The summed E-state index contributed by atoms with van der Waals surface area (Å²) in [6.45, 7) is 2.97. The Morgan fingerprint density at radius 3 is 2.68 bits per heavy atom. The Balaban J connectivity index is 1.32. The second kappa shape index (κ2) is 9.45. The van der Waals surface area contributed by atoms with Crippen molar-refractivity contribution in [2.75, 3.05) is 33.9 Å². The van der Waals surface area contributed by atoms with Crippen molar-refractivity contribution in [2.45, 2.75) is 13.0 Å². The van der Waals surface area contributed by atoms with Gasteiger partial charge in [0, 0.05) is 31.7 Å². The van der Waals surface area contributed by atoms with Gasteiger partial charge < -0.3 is 14.8 Å². The van der Waals surface area contributed by atoms with Crippen LogP contribution in [-0.4, -0.2) is 49.6 Å². The molecule has 0 bridgehead atoms. The number of amides is 1. The number of benzene rings is 2. The van der Waals surface area contributed by atoms with Gasteiger partial charge in [-0.1, -0.05) is 12.1 Å². The number of halogens is 1. The molecule has 31 heavy (non-hydrogen) atoms. The predicted molar refractivity (Wildman–Crippen MR) is 118 cm³/mol. The van der Waals surface area contributed by atoms with Crippen molar-refractivity contribution < 1.29 is 18.7 Å². The Morgan fingerprint density at radius 2 is 1.94 bits per heavy atom. The highest BCUT2D eigenvalue weighted by Crippen LogP contribution is 2.33. The summed E-state index contributed by atoms with van der Waals surface area (Å²) < 4.78 is 24.7. The van der Waals surface area contributed by atoms with Gasteiger partial charge in [-0.3, -0.25) is 9.69 Å². The molecule has 162 valence electrons. The number of nitrogens with zero attached hydrogens (tertiary/aromatic N) is 2. The van der Waals surface area contributed by atoms with Crippen LogP contribution in [-0.2, 0) is 13.0 Å². The van der Waals surface area contributed by atoms with E-state index in [1.165, 1.54) is 34.7 Å². The van der Waals surface area contributed by atoms with Crippen molar-refractivity contribution in [1.29, 1.82) is 0 Å². The SMILES string of the molecule is COc1cc2c(cc1OC)CN(CCNC(=O)c1cnc(-c3ccccc3F)s1)CC2. The number of aromatic nitrogens is 1. The molecule has 0 saturated heterocycles. The molecule has 1 aliphatic heterocycles. The van der Waals surface area contributed by atoms with Crippen LogP contribution in [0.25, 0.3) is 10.6 Å². The maximum Gasteiger partial charge on any atom is 0.263 e. The van der Waals surface area contributed by atoms with Crippen LogP contribution in [0.4, 0.5) is 4.39 Å². The van der Waals surface area contributed by atoms with Gasteiger partial charge in [-0.2, -0.15) is 0 Å². The summed E-state index contributed by atoms with van der Waals surface area (Å²) >= 11 is 1.19. The molecule has 2 aromatic carbocycles. The minimum absolute atomic E-state index is 0.191. The molecule has 0 unspecified atom stereocenters. The summed E-state index contributed by atoms with van der Waals surface area (Å²) in [4.78, 5) is 19.5. The summed E-state index contributed by atoms with van der Waals surface area (Å²) in [5, 5.41) is 3.44. The number of nitrogens with one attached hydrogen (secondary N) is 1. The summed E-state index contributed by atoms with van der Waals surface area (Å²) in [5.74, 6) is 0.945. The van der Waals surface area contributed by atoms with Crippen LogP contribution in [0.2, 0.25) is 0 Å². The molecule has 1 amide bonds. The van der Waals surface area contributed by atoms with E-state index in [9.17, 15) is 9.18 Å². The maximum absolute atomic E-state index is 13.9. The number of carbonyl (C=O) groups is 1. The van der Waals surface area contributed by atoms with Crippen LogP contribution in [0.3, 0.4) is 0 Å². The van der Waals surface area contributed by atoms with Crippen molar-refractivity contribution in [2.24, 2.45) is 0 Å². The van der Waals surface area contributed by atoms with Crippen LogP contribution < -0.4 is 14.8 Å². The monoisotopic (exact) mass is 441 g/mol. The molecule has 2 heterocycles. The van der Waals surface area contributed by atoms with Gasteiger partial charge in [0.15, 0.2) is 11.5 Å². The van der Waals surface area contributed by atoms with E-state index in [2.05, 4.69) is 15.2 Å². The third-order valence-corrected chi connectivity index (χ3v) is 6.37. The number of fused-ring (bicyclic) bond motifs is 1. The molecule has 1 N–H and O–H groups in total. The van der Waals surface area contributed by atoms with Gasteiger partial charge in [0.1, 0.15) is 15.7 Å². The van der Waals surface area contributed by atoms with Gasteiger partial charge in [-0.05, 0) is 41.8 Å². The average molecular weight is 442 g/mol. The number of hydrogen-bond acceptors (Lipinski definition) is 6. The lowest BCUT2D eigenvalue weighted by Gasteiger charge is -2.29. The van der Waals surface area contributed by atoms with Crippen molar-refractivity contribution in [1.82, 2.24) is 15.2 Å². The Labute approximate surface area is 184 Å². The largest absolute Gasteiger partial charge is 0.493 e. The molecular formula is C23H24FN3O3S. The molecule has 1 aliphatic rings. The van der Waals surface area contributed by atoms with Crippen molar-refractivity contribution >= 4 is 17.2 Å². The molecule has 4 rings (SSSR count). The van der Waals surface area contributed by atoms with E-state index >= 15 is 0 Å². The van der Waals surface area contributed by atoms with Gasteiger partial charge in [0.05, 0.1) is 20.4 Å². The zero-order valence-electron chi connectivity index (χ0n) is 17.5. The molecule has 0 fully saturated rings. The van der Waals surface area contributed by atoms with E-state index in [1.807, 2.05) is 12.1 Å². The lowest BCUT2D eigenvalue weighted by molar-refractivity contribution is 0.0951. The first-order valence-electron chi connectivity index (χ1n) is 10.0. The number of thiazole rings is 1. The quantitative estimate of drug-likeness (QED) is 0.605. The molecule has 3 aromatic rings. The fourth-order valence-electron chi connectivity index (χ4n) is 3.69. The van der Waals surface area contributed by atoms with E-state index in [-0.39, 0.29) is 11.7 Å². The lowest BCUT2D eigenvalue weighted by Crippen LogP contribution is -2.37. The fraction of sp³-hybridized carbons (Fsp3) is 0.304. The zero-order chi connectivity index (χ0) is 21.8. The van der Waals surface area contributed by atoms with Crippen molar-refractivity contribution in [3.8, 4) is 22.1 Å². The minimum atomic E-state index is -0.344. The van der Waals surface area contributed by atoms with E-state index < -0.39 is 0 Å². The van der Waals surface area contributed by atoms with Gasteiger partial charge in [0.25, 0.3) is 5.91 Å². The number of hydrogen-bond donors (Lipinski definition) is 1. The molecule has 8 heteroatoms. The van der Waals surface area contributed by atoms with Crippen LogP contribution in [0.5, 0.6) is 11.5 Å². The Morgan fingerprint density at radius 1 is 1.19 bits per heavy atom. The Hall–Kier alpha value is -2.97.